The molecule has 0 radical (unpaired) electrons. The SMILES string of the molecule is Cc1noc(C)c1C(C)CNC(=O)c1ccc(C(=O)O)o1. The molecule has 21 heavy (non-hydrogen) atoms. The van der Waals surface area contributed by atoms with Gasteiger partial charge < -0.3 is 19.4 Å². The Labute approximate surface area is 120 Å². The monoisotopic (exact) mass is 292 g/mol. The lowest BCUT2D eigenvalue weighted by atomic mass is 9.99. The van der Waals surface area contributed by atoms with Crippen LogP contribution in [0.25, 0.3) is 0 Å². The van der Waals surface area contributed by atoms with E-state index in [1.807, 2.05) is 20.8 Å². The Morgan fingerprint density at radius 2 is 2.00 bits per heavy atom. The summed E-state index contributed by atoms with van der Waals surface area (Å²) in [6.07, 6.45) is 0. The Kier molecular flexibility index (Phi) is 4.11. The van der Waals surface area contributed by atoms with Gasteiger partial charge >= 0.3 is 5.97 Å². The van der Waals surface area contributed by atoms with Crippen LogP contribution < -0.4 is 5.32 Å². The first kappa shape index (κ1) is 14.8. The van der Waals surface area contributed by atoms with E-state index in [-0.39, 0.29) is 17.4 Å². The molecule has 1 atom stereocenters. The average molecular weight is 292 g/mol. The highest BCUT2D eigenvalue weighted by atomic mass is 16.5. The van der Waals surface area contributed by atoms with Crippen molar-refractivity contribution in [2.24, 2.45) is 0 Å². The Morgan fingerprint density at radius 1 is 1.33 bits per heavy atom. The molecule has 2 rings (SSSR count). The van der Waals surface area contributed by atoms with Crippen molar-refractivity contribution < 1.29 is 23.6 Å². The minimum Gasteiger partial charge on any atom is -0.475 e. The van der Waals surface area contributed by atoms with Crippen molar-refractivity contribution in [1.29, 1.82) is 0 Å². The average Bonchev–Trinajstić information content (AvgIpc) is 3.03. The lowest BCUT2D eigenvalue weighted by Crippen LogP contribution is -2.27. The third-order valence-electron chi connectivity index (χ3n) is 3.19. The van der Waals surface area contributed by atoms with Gasteiger partial charge in [-0.15, -0.1) is 0 Å². The standard InChI is InChI=1S/C14H16N2O5/c1-7(12-8(2)16-21-9(12)3)6-15-13(17)10-4-5-11(20-10)14(18)19/h4-5,7H,6H2,1-3H3,(H,15,17)(H,18,19). The van der Waals surface area contributed by atoms with Crippen LogP contribution in [0, 0.1) is 13.8 Å². The number of carbonyl (C=O) groups is 2. The Bertz CT molecular complexity index is 651. The molecule has 0 aromatic carbocycles. The summed E-state index contributed by atoms with van der Waals surface area (Å²) in [6, 6.07) is 2.58. The molecule has 1 unspecified atom stereocenters. The smallest absolute Gasteiger partial charge is 0.371 e. The maximum absolute atomic E-state index is 11.9. The fourth-order valence-corrected chi connectivity index (χ4v) is 2.20. The molecule has 0 fully saturated rings. The van der Waals surface area contributed by atoms with Gasteiger partial charge in [-0.3, -0.25) is 4.79 Å². The number of amides is 1. The third-order valence-corrected chi connectivity index (χ3v) is 3.19. The normalized spacial score (nSPS) is 12.1. The number of carboxylic acids is 1. The van der Waals surface area contributed by atoms with Crippen molar-refractivity contribution in [2.75, 3.05) is 6.54 Å². The predicted octanol–water partition coefficient (Wildman–Crippen LogP) is 2.12. The van der Waals surface area contributed by atoms with Crippen molar-refractivity contribution in [1.82, 2.24) is 10.5 Å². The molecule has 0 aliphatic rings. The molecule has 0 spiro atoms. The van der Waals surface area contributed by atoms with Crippen LogP contribution in [0.3, 0.4) is 0 Å². The van der Waals surface area contributed by atoms with Crippen molar-refractivity contribution >= 4 is 11.9 Å². The summed E-state index contributed by atoms with van der Waals surface area (Å²) in [7, 11) is 0. The molecular formula is C14H16N2O5. The molecule has 0 saturated heterocycles. The molecule has 0 saturated carbocycles. The number of hydrogen-bond acceptors (Lipinski definition) is 5. The van der Waals surface area contributed by atoms with Crippen LogP contribution in [0.1, 0.15) is 51.0 Å². The van der Waals surface area contributed by atoms with Gasteiger partial charge in [0.15, 0.2) is 5.76 Å². The van der Waals surface area contributed by atoms with Gasteiger partial charge in [0.2, 0.25) is 5.76 Å². The zero-order valence-corrected chi connectivity index (χ0v) is 12.0. The maximum atomic E-state index is 11.9. The first-order chi connectivity index (χ1) is 9.90. The van der Waals surface area contributed by atoms with E-state index in [9.17, 15) is 9.59 Å². The van der Waals surface area contributed by atoms with Crippen LogP contribution in [0.5, 0.6) is 0 Å². The van der Waals surface area contributed by atoms with E-state index in [0.717, 1.165) is 17.0 Å². The molecule has 0 aliphatic carbocycles. The maximum Gasteiger partial charge on any atom is 0.371 e. The van der Waals surface area contributed by atoms with Crippen LogP contribution in [-0.4, -0.2) is 28.7 Å². The Hall–Kier alpha value is -2.57. The summed E-state index contributed by atoms with van der Waals surface area (Å²) in [5.74, 6) is -1.22. The fraction of sp³-hybridized carbons (Fsp3) is 0.357. The van der Waals surface area contributed by atoms with Gasteiger partial charge in [0.05, 0.1) is 5.69 Å². The number of nitrogens with one attached hydrogen (secondary N) is 1. The number of furan rings is 1. The highest BCUT2D eigenvalue weighted by Crippen LogP contribution is 2.22. The number of aromatic nitrogens is 1. The summed E-state index contributed by atoms with van der Waals surface area (Å²) in [4.78, 5) is 22.6. The third kappa shape index (κ3) is 3.13. The zero-order valence-electron chi connectivity index (χ0n) is 12.0. The fourth-order valence-electron chi connectivity index (χ4n) is 2.20. The quantitative estimate of drug-likeness (QED) is 0.874. The predicted molar refractivity (Wildman–Crippen MR) is 72.4 cm³/mol. The molecule has 112 valence electrons. The van der Waals surface area contributed by atoms with Crippen LogP contribution in [0.15, 0.2) is 21.1 Å². The molecule has 2 aromatic rings. The lowest BCUT2D eigenvalue weighted by molar-refractivity contribution is 0.0659. The number of aromatic carboxylic acids is 1. The Morgan fingerprint density at radius 3 is 2.52 bits per heavy atom. The van der Waals surface area contributed by atoms with Gasteiger partial charge in [-0.1, -0.05) is 12.1 Å². The minimum atomic E-state index is -1.21. The van der Waals surface area contributed by atoms with Gasteiger partial charge in [-0.2, -0.15) is 0 Å². The van der Waals surface area contributed by atoms with Crippen molar-refractivity contribution in [2.45, 2.75) is 26.7 Å². The second-order valence-electron chi connectivity index (χ2n) is 4.82. The number of rotatable bonds is 5. The van der Waals surface area contributed by atoms with Crippen LogP contribution >= 0.6 is 0 Å². The summed E-state index contributed by atoms with van der Waals surface area (Å²) in [5.41, 5.74) is 1.75. The van der Waals surface area contributed by atoms with Crippen molar-refractivity contribution in [3.63, 3.8) is 0 Å². The van der Waals surface area contributed by atoms with E-state index in [1.165, 1.54) is 12.1 Å². The highest BCUT2D eigenvalue weighted by Gasteiger charge is 2.19. The van der Waals surface area contributed by atoms with Gasteiger partial charge in [0.25, 0.3) is 5.91 Å². The summed E-state index contributed by atoms with van der Waals surface area (Å²) >= 11 is 0. The molecule has 2 heterocycles. The molecule has 7 heteroatoms. The number of nitrogens with zero attached hydrogens (tertiary/aromatic N) is 1. The Balaban J connectivity index is 1.99. The van der Waals surface area contributed by atoms with Crippen molar-refractivity contribution in [3.8, 4) is 0 Å². The highest BCUT2D eigenvalue weighted by molar-refractivity contribution is 5.93. The molecule has 0 bridgehead atoms. The molecule has 2 aromatic heterocycles. The molecular weight excluding hydrogens is 276 g/mol. The van der Waals surface area contributed by atoms with E-state index in [4.69, 9.17) is 14.0 Å². The number of carboxylic acid groups (broad SMARTS) is 1. The van der Waals surface area contributed by atoms with E-state index in [1.54, 1.807) is 0 Å². The summed E-state index contributed by atoms with van der Waals surface area (Å²) in [5, 5.41) is 15.3. The van der Waals surface area contributed by atoms with Crippen molar-refractivity contribution in [3.05, 3.63) is 40.7 Å². The number of hydrogen-bond donors (Lipinski definition) is 2. The van der Waals surface area contributed by atoms with Gasteiger partial charge in [-0.25, -0.2) is 4.79 Å². The van der Waals surface area contributed by atoms with E-state index in [0.29, 0.717) is 6.54 Å². The lowest BCUT2D eigenvalue weighted by Gasteiger charge is -2.11. The van der Waals surface area contributed by atoms with E-state index >= 15 is 0 Å². The second kappa shape index (κ2) is 5.82. The van der Waals surface area contributed by atoms with Gasteiger partial charge in [-0.05, 0) is 26.0 Å². The first-order valence-corrected chi connectivity index (χ1v) is 6.44. The van der Waals surface area contributed by atoms with Crippen LogP contribution in [-0.2, 0) is 0 Å². The first-order valence-electron chi connectivity index (χ1n) is 6.44. The molecule has 0 aliphatic heterocycles. The van der Waals surface area contributed by atoms with E-state index in [2.05, 4.69) is 10.5 Å². The number of aryl methyl sites for hydroxylation is 2. The van der Waals surface area contributed by atoms with Crippen LogP contribution in [0.2, 0.25) is 0 Å². The molecule has 7 nitrogen and oxygen atoms in total. The minimum absolute atomic E-state index is 0.0223. The summed E-state index contributed by atoms with van der Waals surface area (Å²) < 4.78 is 10.0. The molecule has 1 amide bonds. The number of carbonyl (C=O) groups excluding carboxylic acids is 1. The second-order valence-corrected chi connectivity index (χ2v) is 4.82. The summed E-state index contributed by atoms with van der Waals surface area (Å²) in [6.45, 7) is 5.97. The topological polar surface area (TPSA) is 106 Å². The zero-order chi connectivity index (χ0) is 15.6. The van der Waals surface area contributed by atoms with E-state index < -0.39 is 11.9 Å². The van der Waals surface area contributed by atoms with Gasteiger partial charge in [0, 0.05) is 18.0 Å². The largest absolute Gasteiger partial charge is 0.475 e. The van der Waals surface area contributed by atoms with Gasteiger partial charge in [0.1, 0.15) is 5.76 Å². The van der Waals surface area contributed by atoms with Crippen LogP contribution in [0.4, 0.5) is 0 Å². The molecule has 2 N–H and O–H groups in total.